The van der Waals surface area contributed by atoms with E-state index in [1.807, 2.05) is 53.1 Å². The van der Waals surface area contributed by atoms with Gasteiger partial charge in [-0.15, -0.1) is 0 Å². The van der Waals surface area contributed by atoms with E-state index >= 15 is 0 Å². The predicted molar refractivity (Wildman–Crippen MR) is 170 cm³/mol. The van der Waals surface area contributed by atoms with Crippen molar-refractivity contribution in [2.75, 3.05) is 0 Å². The second-order valence-electron chi connectivity index (χ2n) is 11.8. The third-order valence-electron chi connectivity index (χ3n) is 8.94. The van der Waals surface area contributed by atoms with Crippen molar-refractivity contribution in [3.8, 4) is 22.5 Å². The Labute approximate surface area is 279 Å². The molecule has 2 aromatic heterocycles. The van der Waals surface area contributed by atoms with E-state index in [1.165, 1.54) is 24.3 Å². The molecule has 256 valence electrons. The first-order valence-electron chi connectivity index (χ1n) is 15.0. The van der Waals surface area contributed by atoms with E-state index in [1.54, 1.807) is 18.2 Å². The lowest BCUT2D eigenvalue weighted by Crippen LogP contribution is -2.19. The number of benzene rings is 6. The highest BCUT2D eigenvalue weighted by Gasteiger charge is 2.44. The van der Waals surface area contributed by atoms with Crippen LogP contribution in [-0.4, -0.2) is 9.13 Å². The van der Waals surface area contributed by atoms with Crippen LogP contribution < -0.4 is 0 Å². The van der Waals surface area contributed by atoms with Crippen molar-refractivity contribution >= 4 is 43.6 Å². The molecule has 0 amide bonds. The number of rotatable bonds is 3. The molecule has 0 saturated carbocycles. The maximum Gasteiger partial charge on any atom is 0.418 e. The van der Waals surface area contributed by atoms with Crippen LogP contribution in [0.25, 0.3) is 66.1 Å². The molecule has 0 fully saturated rings. The van der Waals surface area contributed by atoms with Crippen LogP contribution in [0.2, 0.25) is 0 Å². The molecule has 0 aliphatic rings. The van der Waals surface area contributed by atoms with Crippen molar-refractivity contribution in [2.45, 2.75) is 12.4 Å². The fourth-order valence-electron chi connectivity index (χ4n) is 6.85. The molecule has 8 aromatic rings. The van der Waals surface area contributed by atoms with Crippen LogP contribution in [-0.2, 0) is 12.4 Å². The predicted octanol–water partition coefficient (Wildman–Crippen LogP) is 12.3. The summed E-state index contributed by atoms with van der Waals surface area (Å²) in [5, 5.41) is 2.37. The van der Waals surface area contributed by atoms with Crippen LogP contribution in [0.1, 0.15) is 11.1 Å². The first-order chi connectivity index (χ1) is 24.2. The van der Waals surface area contributed by atoms with E-state index in [0.29, 0.717) is 5.69 Å². The third kappa shape index (κ3) is 4.78. The Morgan fingerprint density at radius 1 is 0.392 bits per heavy atom. The van der Waals surface area contributed by atoms with Gasteiger partial charge in [0.15, 0.2) is 23.3 Å². The number of fused-ring (bicyclic) bond motifs is 6. The Balaban J connectivity index is 1.48. The smallest absolute Gasteiger partial charge is 0.309 e. The number of hydrogen-bond acceptors (Lipinski definition) is 0. The van der Waals surface area contributed by atoms with Crippen molar-refractivity contribution in [3.05, 3.63) is 143 Å². The highest BCUT2D eigenvalue weighted by atomic mass is 19.4. The van der Waals surface area contributed by atoms with Gasteiger partial charge in [-0.2, -0.15) is 26.3 Å². The van der Waals surface area contributed by atoms with E-state index in [4.69, 9.17) is 0 Å². The second kappa shape index (κ2) is 11.1. The molecule has 8 rings (SSSR count). The van der Waals surface area contributed by atoms with Gasteiger partial charge in [-0.1, -0.05) is 54.6 Å². The van der Waals surface area contributed by atoms with Gasteiger partial charge in [0.1, 0.15) is 0 Å². The minimum atomic E-state index is -5.62. The third-order valence-corrected chi connectivity index (χ3v) is 8.94. The zero-order valence-corrected chi connectivity index (χ0v) is 25.4. The first-order valence-corrected chi connectivity index (χ1v) is 15.0. The fourth-order valence-corrected chi connectivity index (χ4v) is 6.85. The van der Waals surface area contributed by atoms with Gasteiger partial charge in [0.25, 0.3) is 0 Å². The summed E-state index contributed by atoms with van der Waals surface area (Å²) in [6, 6.07) is 25.2. The van der Waals surface area contributed by atoms with Gasteiger partial charge in [0.2, 0.25) is 5.82 Å². The second-order valence-corrected chi connectivity index (χ2v) is 11.8. The molecule has 0 atom stereocenters. The Hall–Kier alpha value is -5.85. The van der Waals surface area contributed by atoms with Crippen LogP contribution in [0.5, 0.6) is 0 Å². The lowest BCUT2D eigenvalue weighted by Gasteiger charge is -2.23. The molecule has 0 spiro atoms. The van der Waals surface area contributed by atoms with E-state index in [2.05, 4.69) is 0 Å². The van der Waals surface area contributed by atoms with Crippen LogP contribution in [0.15, 0.2) is 103 Å². The van der Waals surface area contributed by atoms with E-state index in [9.17, 15) is 48.3 Å². The molecular weight excluding hydrogens is 693 g/mol. The van der Waals surface area contributed by atoms with Crippen molar-refractivity contribution in [3.63, 3.8) is 0 Å². The normalized spacial score (nSPS) is 12.6. The average Bonchev–Trinajstić information content (AvgIpc) is 3.61. The number of alkyl halides is 6. The maximum atomic E-state index is 14.9. The molecule has 0 aliphatic heterocycles. The highest BCUT2D eigenvalue weighted by Crippen LogP contribution is 2.48. The topological polar surface area (TPSA) is 9.86 Å². The number of hydrogen-bond donors (Lipinski definition) is 0. The van der Waals surface area contributed by atoms with Crippen molar-refractivity contribution < 1.29 is 48.3 Å². The fraction of sp³-hybridized carbons (Fsp3) is 0.0526. The first kappa shape index (κ1) is 32.4. The molecule has 0 N–H and O–H groups in total. The lowest BCUT2D eigenvalue weighted by atomic mass is 9.95. The summed E-state index contributed by atoms with van der Waals surface area (Å²) >= 11 is 0. The summed E-state index contributed by atoms with van der Waals surface area (Å²) in [6.07, 6.45) is -11.2. The van der Waals surface area contributed by atoms with Crippen LogP contribution in [0, 0.1) is 29.1 Å². The Morgan fingerprint density at radius 3 is 1.25 bits per heavy atom. The minimum Gasteiger partial charge on any atom is -0.309 e. The molecule has 2 heterocycles. The molecule has 51 heavy (non-hydrogen) atoms. The number of halogens is 11. The van der Waals surface area contributed by atoms with E-state index in [0.717, 1.165) is 26.4 Å². The summed E-state index contributed by atoms with van der Waals surface area (Å²) in [7, 11) is 0. The maximum absolute atomic E-state index is 14.9. The summed E-state index contributed by atoms with van der Waals surface area (Å²) in [5.41, 5.74) is -6.96. The lowest BCUT2D eigenvalue weighted by molar-refractivity contribution is -0.142. The van der Waals surface area contributed by atoms with E-state index in [-0.39, 0.29) is 33.9 Å². The van der Waals surface area contributed by atoms with E-state index < -0.39 is 69.4 Å². The highest BCUT2D eigenvalue weighted by molar-refractivity contribution is 6.12. The van der Waals surface area contributed by atoms with Gasteiger partial charge >= 0.3 is 12.4 Å². The van der Waals surface area contributed by atoms with Crippen molar-refractivity contribution in [1.29, 1.82) is 0 Å². The summed E-state index contributed by atoms with van der Waals surface area (Å²) in [6.45, 7) is 0. The van der Waals surface area contributed by atoms with Gasteiger partial charge in [0, 0.05) is 27.2 Å². The summed E-state index contributed by atoms with van der Waals surface area (Å²) < 4.78 is 164. The summed E-state index contributed by atoms with van der Waals surface area (Å²) in [4.78, 5) is 0. The van der Waals surface area contributed by atoms with Gasteiger partial charge in [0.05, 0.1) is 44.4 Å². The number of aromatic nitrogens is 2. The van der Waals surface area contributed by atoms with Crippen LogP contribution in [0.4, 0.5) is 48.3 Å². The zero-order chi connectivity index (χ0) is 36.1. The zero-order valence-electron chi connectivity index (χ0n) is 25.4. The van der Waals surface area contributed by atoms with Crippen molar-refractivity contribution in [1.82, 2.24) is 9.13 Å². The standard InChI is InChI=1S/C38H17F11N2/c39-31-30(32(40)34(42)35(43)33(31)41)18-15-24(37(44,45)46)36(25(16-18)38(47,48)49)51-28-12-6-3-9-22(28)23-17-19(13-14-29(23)51)50-26-10-4-1-7-20(26)21-8-2-5-11-27(21)50/h1-17H. The molecular formula is C38H17F11N2. The van der Waals surface area contributed by atoms with Crippen LogP contribution in [0.3, 0.4) is 0 Å². The van der Waals surface area contributed by atoms with Crippen LogP contribution >= 0.6 is 0 Å². The molecule has 0 aliphatic carbocycles. The quantitative estimate of drug-likeness (QED) is 0.0982. The Morgan fingerprint density at radius 2 is 0.784 bits per heavy atom. The van der Waals surface area contributed by atoms with Gasteiger partial charge < -0.3 is 9.13 Å². The molecule has 13 heteroatoms. The molecule has 0 saturated heterocycles. The number of nitrogens with zero attached hydrogens (tertiary/aromatic N) is 2. The minimum absolute atomic E-state index is 0.0457. The average molecular weight is 711 g/mol. The van der Waals surface area contributed by atoms with Gasteiger partial charge in [-0.25, -0.2) is 22.0 Å². The molecule has 6 aromatic carbocycles. The Kier molecular flexibility index (Phi) is 7.03. The SMILES string of the molecule is Fc1c(F)c(F)c(-c2cc(C(F)(F)F)c(-n3c4ccccc4c4cc(-n5c6ccccc6c6ccccc65)ccc43)c(C(F)(F)F)c2)c(F)c1F. The molecule has 2 nitrogen and oxygen atoms in total. The van der Waals surface area contributed by atoms with Gasteiger partial charge in [-0.05, 0) is 54.1 Å². The Bertz CT molecular complexity index is 2620. The monoisotopic (exact) mass is 710 g/mol. The molecule has 0 radical (unpaired) electrons. The largest absolute Gasteiger partial charge is 0.418 e. The summed E-state index contributed by atoms with van der Waals surface area (Å²) in [5.74, 6) is -12.9. The molecule has 0 bridgehead atoms. The molecule has 0 unspecified atom stereocenters. The number of para-hydroxylation sites is 3. The van der Waals surface area contributed by atoms with Gasteiger partial charge in [-0.3, -0.25) is 0 Å². The van der Waals surface area contributed by atoms with Crippen molar-refractivity contribution in [2.24, 2.45) is 0 Å².